The van der Waals surface area contributed by atoms with Crippen LogP contribution in [0.5, 0.6) is 0 Å². The van der Waals surface area contributed by atoms with Gasteiger partial charge in [-0.05, 0) is 28.1 Å². The minimum absolute atomic E-state index is 0.154. The van der Waals surface area contributed by atoms with E-state index in [1.165, 1.54) is 17.2 Å². The van der Waals surface area contributed by atoms with Crippen LogP contribution >= 0.6 is 11.3 Å². The smallest absolute Gasteiger partial charge is 0.243 e. The lowest BCUT2D eigenvalue weighted by atomic mass is 10.00. The molecule has 4 nitrogen and oxygen atoms in total. The van der Waals surface area contributed by atoms with Crippen molar-refractivity contribution in [1.82, 2.24) is 10.3 Å². The first-order valence-electron chi connectivity index (χ1n) is 8.88. The molecule has 5 heteroatoms. The minimum Gasteiger partial charge on any atom is -0.383 e. The summed E-state index contributed by atoms with van der Waals surface area (Å²) in [7, 11) is 1.60. The number of hydrogen-bond donors (Lipinski definition) is 2. The lowest BCUT2D eigenvalue weighted by molar-refractivity contribution is -0.115. The van der Waals surface area contributed by atoms with Crippen molar-refractivity contribution in [2.75, 3.05) is 12.8 Å². The van der Waals surface area contributed by atoms with Crippen LogP contribution in [0.15, 0.2) is 72.3 Å². The zero-order valence-electron chi connectivity index (χ0n) is 15.3. The highest BCUT2D eigenvalue weighted by Gasteiger charge is 2.13. The van der Waals surface area contributed by atoms with E-state index in [2.05, 4.69) is 52.1 Å². The Balaban J connectivity index is 1.75. The lowest BCUT2D eigenvalue weighted by Gasteiger charge is -2.06. The first kappa shape index (κ1) is 17.9. The topological polar surface area (TPSA) is 68.0 Å². The fourth-order valence-corrected chi connectivity index (χ4v) is 4.22. The number of rotatable bonds is 4. The normalized spacial score (nSPS) is 11.2. The number of pyridine rings is 1. The summed E-state index contributed by atoms with van der Waals surface area (Å²) in [6.45, 7) is 0. The molecular weight excluding hydrogens is 366 g/mol. The van der Waals surface area contributed by atoms with Crippen LogP contribution in [0.3, 0.4) is 0 Å². The molecule has 0 aliphatic rings. The monoisotopic (exact) mass is 385 g/mol. The number of nitrogens with one attached hydrogen (secondary N) is 1. The van der Waals surface area contributed by atoms with Crippen molar-refractivity contribution >= 4 is 39.2 Å². The van der Waals surface area contributed by atoms with Gasteiger partial charge in [0.15, 0.2) is 0 Å². The van der Waals surface area contributed by atoms with Crippen molar-refractivity contribution in [3.05, 3.63) is 77.8 Å². The number of thiophene rings is 1. The van der Waals surface area contributed by atoms with Gasteiger partial charge >= 0.3 is 0 Å². The molecule has 4 aromatic rings. The number of carbonyl (C=O) groups excluding carboxylic acids is 1. The Morgan fingerprint density at radius 2 is 1.71 bits per heavy atom. The molecule has 0 saturated carbocycles. The average molecular weight is 385 g/mol. The summed E-state index contributed by atoms with van der Waals surface area (Å²) in [6.07, 6.45) is 4.98. The van der Waals surface area contributed by atoms with E-state index < -0.39 is 0 Å². The number of carbonyl (C=O) groups is 1. The van der Waals surface area contributed by atoms with Crippen molar-refractivity contribution in [2.45, 2.75) is 0 Å². The summed E-state index contributed by atoms with van der Waals surface area (Å²) < 4.78 is 1.02. The number of likely N-dealkylation sites (N-methyl/N-ethyl adjacent to an activating group) is 1. The highest BCUT2D eigenvalue weighted by atomic mass is 32.1. The standard InChI is InChI=1S/C23H19N3OS/c1-25-20(27)12-11-18-13-26-23(24)21-19(14-28-22(18)21)17-9-7-16(8-10-17)15-5-3-2-4-6-15/h2-14H,1H3,(H2,24,26)(H,25,27). The second-order valence-electron chi connectivity index (χ2n) is 6.34. The Labute approximate surface area is 167 Å². The van der Waals surface area contributed by atoms with Crippen LogP contribution in [-0.4, -0.2) is 17.9 Å². The van der Waals surface area contributed by atoms with Gasteiger partial charge in [-0.3, -0.25) is 4.79 Å². The fourth-order valence-electron chi connectivity index (χ4n) is 3.14. The van der Waals surface area contributed by atoms with Gasteiger partial charge in [0.25, 0.3) is 0 Å². The molecule has 2 heterocycles. The van der Waals surface area contributed by atoms with E-state index in [9.17, 15) is 4.79 Å². The van der Waals surface area contributed by atoms with Crippen LogP contribution in [0.4, 0.5) is 5.82 Å². The predicted octanol–water partition coefficient (Wildman–Crippen LogP) is 4.97. The van der Waals surface area contributed by atoms with E-state index in [4.69, 9.17) is 5.73 Å². The van der Waals surface area contributed by atoms with Gasteiger partial charge in [0.2, 0.25) is 5.91 Å². The average Bonchev–Trinajstić information content (AvgIpc) is 3.20. The molecule has 138 valence electrons. The predicted molar refractivity (Wildman–Crippen MR) is 118 cm³/mol. The number of benzene rings is 2. The number of nitrogens with zero attached hydrogens (tertiary/aromatic N) is 1. The van der Waals surface area contributed by atoms with Crippen molar-refractivity contribution in [1.29, 1.82) is 0 Å². The molecule has 0 radical (unpaired) electrons. The van der Waals surface area contributed by atoms with Crippen LogP contribution in [0.25, 0.3) is 38.4 Å². The van der Waals surface area contributed by atoms with Crippen LogP contribution in [0.1, 0.15) is 5.56 Å². The van der Waals surface area contributed by atoms with Gasteiger partial charge < -0.3 is 11.1 Å². The van der Waals surface area contributed by atoms with Gasteiger partial charge in [-0.25, -0.2) is 4.98 Å². The SMILES string of the molecule is CNC(=O)C=Cc1cnc(N)c2c(-c3ccc(-c4ccccc4)cc3)csc12. The number of nitrogen functional groups attached to an aromatic ring is 1. The van der Waals surface area contributed by atoms with Gasteiger partial charge in [-0.1, -0.05) is 54.6 Å². The Kier molecular flexibility index (Phi) is 4.91. The molecule has 0 unspecified atom stereocenters. The Hall–Kier alpha value is -3.44. The van der Waals surface area contributed by atoms with Crippen molar-refractivity contribution in [2.24, 2.45) is 0 Å². The molecule has 0 atom stereocenters. The van der Waals surface area contributed by atoms with Gasteiger partial charge in [-0.2, -0.15) is 0 Å². The molecule has 3 N–H and O–H groups in total. The third-order valence-corrected chi connectivity index (χ3v) is 5.64. The highest BCUT2D eigenvalue weighted by Crippen LogP contribution is 2.39. The summed E-state index contributed by atoms with van der Waals surface area (Å²) in [6, 6.07) is 18.7. The molecular formula is C23H19N3OS. The molecule has 1 amide bonds. The molecule has 4 rings (SSSR count). The van der Waals surface area contributed by atoms with Crippen molar-refractivity contribution in [3.8, 4) is 22.3 Å². The molecule has 2 aromatic carbocycles. The van der Waals surface area contributed by atoms with Crippen LogP contribution in [0.2, 0.25) is 0 Å². The molecule has 0 spiro atoms. The zero-order valence-corrected chi connectivity index (χ0v) is 16.2. The highest BCUT2D eigenvalue weighted by molar-refractivity contribution is 7.18. The van der Waals surface area contributed by atoms with Gasteiger partial charge in [-0.15, -0.1) is 11.3 Å². The van der Waals surface area contributed by atoms with E-state index in [1.54, 1.807) is 30.7 Å². The van der Waals surface area contributed by atoms with E-state index in [-0.39, 0.29) is 5.91 Å². The van der Waals surface area contributed by atoms with E-state index in [0.29, 0.717) is 5.82 Å². The van der Waals surface area contributed by atoms with Gasteiger partial charge in [0.1, 0.15) is 5.82 Å². The van der Waals surface area contributed by atoms with Crippen molar-refractivity contribution < 1.29 is 4.79 Å². The third kappa shape index (κ3) is 3.40. The van der Waals surface area contributed by atoms with Crippen LogP contribution < -0.4 is 11.1 Å². The maximum absolute atomic E-state index is 11.5. The zero-order chi connectivity index (χ0) is 19.5. The molecule has 0 aliphatic carbocycles. The first-order valence-corrected chi connectivity index (χ1v) is 9.76. The number of aromatic nitrogens is 1. The van der Waals surface area contributed by atoms with Crippen molar-refractivity contribution in [3.63, 3.8) is 0 Å². The van der Waals surface area contributed by atoms with E-state index in [1.807, 2.05) is 18.2 Å². The Morgan fingerprint density at radius 3 is 2.43 bits per heavy atom. The maximum Gasteiger partial charge on any atom is 0.243 e. The second kappa shape index (κ2) is 7.66. The largest absolute Gasteiger partial charge is 0.383 e. The molecule has 0 saturated heterocycles. The number of nitrogens with two attached hydrogens (primary N) is 1. The summed E-state index contributed by atoms with van der Waals surface area (Å²) in [5, 5.41) is 5.60. The summed E-state index contributed by atoms with van der Waals surface area (Å²) in [5.74, 6) is 0.341. The minimum atomic E-state index is -0.154. The summed E-state index contributed by atoms with van der Waals surface area (Å²) in [5.41, 5.74) is 11.6. The molecule has 2 aromatic heterocycles. The number of anilines is 1. The van der Waals surface area contributed by atoms with Gasteiger partial charge in [0.05, 0.1) is 0 Å². The van der Waals surface area contributed by atoms with Gasteiger partial charge in [0, 0.05) is 40.5 Å². The second-order valence-corrected chi connectivity index (χ2v) is 7.22. The number of fused-ring (bicyclic) bond motifs is 1. The van der Waals surface area contributed by atoms with Crippen LogP contribution in [0, 0.1) is 0 Å². The number of amides is 1. The summed E-state index contributed by atoms with van der Waals surface area (Å²) in [4.78, 5) is 15.9. The maximum atomic E-state index is 11.5. The molecule has 28 heavy (non-hydrogen) atoms. The first-order chi connectivity index (χ1) is 13.7. The molecule has 0 aliphatic heterocycles. The Morgan fingerprint density at radius 1 is 1.04 bits per heavy atom. The van der Waals surface area contributed by atoms with E-state index in [0.717, 1.165) is 26.8 Å². The summed E-state index contributed by atoms with van der Waals surface area (Å²) >= 11 is 1.61. The van der Waals surface area contributed by atoms with Crippen LogP contribution in [-0.2, 0) is 4.79 Å². The third-order valence-electron chi connectivity index (χ3n) is 4.62. The van der Waals surface area contributed by atoms with E-state index >= 15 is 0 Å². The molecule has 0 bridgehead atoms. The lowest BCUT2D eigenvalue weighted by Crippen LogP contribution is -2.13. The number of hydrogen-bond acceptors (Lipinski definition) is 4. The molecule has 0 fully saturated rings. The quantitative estimate of drug-likeness (QED) is 0.487. The Bertz CT molecular complexity index is 1160. The fraction of sp³-hybridized carbons (Fsp3) is 0.0435.